The van der Waals surface area contributed by atoms with Crippen molar-refractivity contribution in [1.82, 2.24) is 4.98 Å². The standard InChI is InChI=1S/C9H11NO3/c1-13-9(12)3-2-7-4-8(11)6-10-5-7/h4-6,11H,2-3H2,1H3. The summed E-state index contributed by atoms with van der Waals surface area (Å²) >= 11 is 0. The summed E-state index contributed by atoms with van der Waals surface area (Å²) in [7, 11) is 1.35. The number of nitrogens with zero attached hydrogens (tertiary/aromatic N) is 1. The van der Waals surface area contributed by atoms with E-state index in [1.54, 1.807) is 12.3 Å². The lowest BCUT2D eigenvalue weighted by Crippen LogP contribution is -2.01. The van der Waals surface area contributed by atoms with E-state index in [9.17, 15) is 4.79 Å². The van der Waals surface area contributed by atoms with Crippen LogP contribution in [0, 0.1) is 0 Å². The number of rotatable bonds is 3. The van der Waals surface area contributed by atoms with E-state index < -0.39 is 0 Å². The van der Waals surface area contributed by atoms with Crippen LogP contribution in [0.25, 0.3) is 0 Å². The molecule has 1 heterocycles. The molecule has 1 rings (SSSR count). The SMILES string of the molecule is COC(=O)CCc1cncc(O)c1. The van der Waals surface area contributed by atoms with Gasteiger partial charge >= 0.3 is 5.97 Å². The minimum Gasteiger partial charge on any atom is -0.506 e. The molecule has 4 nitrogen and oxygen atoms in total. The molecule has 0 spiro atoms. The minimum atomic E-state index is -0.261. The van der Waals surface area contributed by atoms with Gasteiger partial charge in [-0.05, 0) is 18.1 Å². The highest BCUT2D eigenvalue weighted by Gasteiger charge is 2.01. The number of aromatic nitrogens is 1. The molecule has 0 radical (unpaired) electrons. The van der Waals surface area contributed by atoms with Crippen molar-refractivity contribution in [2.24, 2.45) is 0 Å². The first-order valence-corrected chi connectivity index (χ1v) is 3.92. The maximum Gasteiger partial charge on any atom is 0.305 e. The summed E-state index contributed by atoms with van der Waals surface area (Å²) in [6.07, 6.45) is 3.81. The van der Waals surface area contributed by atoms with Gasteiger partial charge in [0.15, 0.2) is 0 Å². The molecule has 1 aromatic heterocycles. The first kappa shape index (κ1) is 9.51. The second-order valence-electron chi connectivity index (χ2n) is 2.63. The molecule has 0 aliphatic heterocycles. The average Bonchev–Trinajstić information content (AvgIpc) is 2.14. The Balaban J connectivity index is 2.50. The van der Waals surface area contributed by atoms with Gasteiger partial charge in [-0.25, -0.2) is 0 Å². The molecule has 0 saturated carbocycles. The van der Waals surface area contributed by atoms with E-state index in [1.165, 1.54) is 13.3 Å². The second-order valence-corrected chi connectivity index (χ2v) is 2.63. The molecule has 1 aromatic rings. The number of pyridine rings is 1. The molecule has 0 aromatic carbocycles. The van der Waals surface area contributed by atoms with Crippen LogP contribution in [0.15, 0.2) is 18.5 Å². The molecule has 0 unspecified atom stereocenters. The van der Waals surface area contributed by atoms with Gasteiger partial charge in [0.2, 0.25) is 0 Å². The summed E-state index contributed by atoms with van der Waals surface area (Å²) < 4.78 is 4.48. The smallest absolute Gasteiger partial charge is 0.305 e. The molecule has 0 amide bonds. The van der Waals surface area contributed by atoms with E-state index >= 15 is 0 Å². The quantitative estimate of drug-likeness (QED) is 0.703. The third kappa shape index (κ3) is 3.11. The summed E-state index contributed by atoms with van der Waals surface area (Å²) in [5.41, 5.74) is 0.824. The van der Waals surface area contributed by atoms with Crippen molar-refractivity contribution in [3.05, 3.63) is 24.0 Å². The highest BCUT2D eigenvalue weighted by atomic mass is 16.5. The molecule has 0 saturated heterocycles. The van der Waals surface area contributed by atoms with Crippen molar-refractivity contribution in [3.8, 4) is 5.75 Å². The van der Waals surface area contributed by atoms with Crippen LogP contribution >= 0.6 is 0 Å². The van der Waals surface area contributed by atoms with Gasteiger partial charge < -0.3 is 9.84 Å². The minimum absolute atomic E-state index is 0.113. The van der Waals surface area contributed by atoms with Crippen LogP contribution < -0.4 is 0 Å². The molecule has 13 heavy (non-hydrogen) atoms. The third-order valence-corrected chi connectivity index (χ3v) is 1.63. The number of carbonyl (C=O) groups is 1. The van der Waals surface area contributed by atoms with Crippen LogP contribution in [0.1, 0.15) is 12.0 Å². The fourth-order valence-corrected chi connectivity index (χ4v) is 0.959. The highest BCUT2D eigenvalue weighted by molar-refractivity contribution is 5.69. The van der Waals surface area contributed by atoms with Crippen LogP contribution in [0.2, 0.25) is 0 Å². The summed E-state index contributed by atoms with van der Waals surface area (Å²) in [5.74, 6) is -0.147. The van der Waals surface area contributed by atoms with Gasteiger partial charge in [-0.2, -0.15) is 0 Å². The summed E-state index contributed by atoms with van der Waals surface area (Å²) in [6, 6.07) is 1.58. The Labute approximate surface area is 76.2 Å². The average molecular weight is 181 g/mol. The number of esters is 1. The number of hydrogen-bond acceptors (Lipinski definition) is 4. The van der Waals surface area contributed by atoms with Crippen molar-refractivity contribution in [2.75, 3.05) is 7.11 Å². The molecule has 70 valence electrons. The van der Waals surface area contributed by atoms with Crippen LogP contribution in [0.3, 0.4) is 0 Å². The topological polar surface area (TPSA) is 59.4 Å². The van der Waals surface area contributed by atoms with Crippen LogP contribution in [-0.2, 0) is 16.0 Å². The van der Waals surface area contributed by atoms with E-state index in [-0.39, 0.29) is 11.7 Å². The molecule has 1 N–H and O–H groups in total. The van der Waals surface area contributed by atoms with E-state index in [4.69, 9.17) is 5.11 Å². The lowest BCUT2D eigenvalue weighted by atomic mass is 10.1. The zero-order valence-corrected chi connectivity index (χ0v) is 7.36. The lowest BCUT2D eigenvalue weighted by Gasteiger charge is -1.99. The Hall–Kier alpha value is -1.58. The Kier molecular flexibility index (Phi) is 3.25. The van der Waals surface area contributed by atoms with Gasteiger partial charge in [-0.15, -0.1) is 0 Å². The van der Waals surface area contributed by atoms with E-state index in [2.05, 4.69) is 9.72 Å². The monoisotopic (exact) mass is 181 g/mol. The number of hydrogen-bond donors (Lipinski definition) is 1. The molecule has 0 atom stereocenters. The van der Waals surface area contributed by atoms with Crippen molar-refractivity contribution < 1.29 is 14.6 Å². The third-order valence-electron chi connectivity index (χ3n) is 1.63. The number of ether oxygens (including phenoxy) is 1. The van der Waals surface area contributed by atoms with Gasteiger partial charge in [0.05, 0.1) is 13.3 Å². The normalized spacial score (nSPS) is 9.62. The van der Waals surface area contributed by atoms with E-state index in [0.717, 1.165) is 5.56 Å². The molecule has 0 aliphatic rings. The highest BCUT2D eigenvalue weighted by Crippen LogP contribution is 2.10. The molecular weight excluding hydrogens is 170 g/mol. The van der Waals surface area contributed by atoms with E-state index in [1.807, 2.05) is 0 Å². The van der Waals surface area contributed by atoms with Gasteiger partial charge in [0.25, 0.3) is 0 Å². The summed E-state index contributed by atoms with van der Waals surface area (Å²) in [4.78, 5) is 14.6. The Morgan fingerprint density at radius 1 is 1.62 bits per heavy atom. The second kappa shape index (κ2) is 4.45. The zero-order chi connectivity index (χ0) is 9.68. The number of aryl methyl sites for hydroxylation is 1. The fraction of sp³-hybridized carbons (Fsp3) is 0.333. The molecule has 4 heteroatoms. The van der Waals surface area contributed by atoms with Gasteiger partial charge in [0.1, 0.15) is 5.75 Å². The number of carbonyl (C=O) groups excluding carboxylic acids is 1. The molecule has 0 bridgehead atoms. The maximum atomic E-state index is 10.8. The van der Waals surface area contributed by atoms with Gasteiger partial charge in [-0.1, -0.05) is 0 Å². The van der Waals surface area contributed by atoms with Crippen molar-refractivity contribution in [1.29, 1.82) is 0 Å². The first-order chi connectivity index (χ1) is 6.22. The largest absolute Gasteiger partial charge is 0.506 e. The van der Waals surface area contributed by atoms with Crippen LogP contribution in [0.5, 0.6) is 5.75 Å². The predicted molar refractivity (Wildman–Crippen MR) is 46.2 cm³/mol. The molecule has 0 aliphatic carbocycles. The van der Waals surface area contributed by atoms with Crippen molar-refractivity contribution >= 4 is 5.97 Å². The number of aromatic hydroxyl groups is 1. The van der Waals surface area contributed by atoms with Gasteiger partial charge in [0, 0.05) is 12.6 Å². The maximum absolute atomic E-state index is 10.8. The summed E-state index contributed by atoms with van der Waals surface area (Å²) in [5, 5.41) is 9.06. The summed E-state index contributed by atoms with van der Waals surface area (Å²) in [6.45, 7) is 0. The Morgan fingerprint density at radius 3 is 3.00 bits per heavy atom. The van der Waals surface area contributed by atoms with Crippen molar-refractivity contribution in [3.63, 3.8) is 0 Å². The van der Waals surface area contributed by atoms with E-state index in [0.29, 0.717) is 12.8 Å². The van der Waals surface area contributed by atoms with Crippen LogP contribution in [-0.4, -0.2) is 23.2 Å². The Bertz CT molecular complexity index is 299. The lowest BCUT2D eigenvalue weighted by molar-refractivity contribution is -0.140. The zero-order valence-electron chi connectivity index (χ0n) is 7.36. The first-order valence-electron chi connectivity index (χ1n) is 3.92. The Morgan fingerprint density at radius 2 is 2.38 bits per heavy atom. The number of methoxy groups -OCH3 is 1. The van der Waals surface area contributed by atoms with Gasteiger partial charge in [-0.3, -0.25) is 9.78 Å². The van der Waals surface area contributed by atoms with Crippen LogP contribution in [0.4, 0.5) is 0 Å². The fourth-order valence-electron chi connectivity index (χ4n) is 0.959. The van der Waals surface area contributed by atoms with Crippen molar-refractivity contribution in [2.45, 2.75) is 12.8 Å². The predicted octanol–water partition coefficient (Wildman–Crippen LogP) is 0.893. The molecular formula is C9H11NO3. The molecule has 0 fully saturated rings.